The lowest BCUT2D eigenvalue weighted by atomic mass is 9.96. The van der Waals surface area contributed by atoms with E-state index in [0.29, 0.717) is 55.6 Å². The molecular weight excluding hydrogens is 348 g/mol. The van der Waals surface area contributed by atoms with Crippen LogP contribution in [0.15, 0.2) is 18.2 Å². The van der Waals surface area contributed by atoms with Gasteiger partial charge in [-0.25, -0.2) is 0 Å². The van der Waals surface area contributed by atoms with Crippen LogP contribution >= 0.6 is 0 Å². The smallest absolute Gasteiger partial charge is 0.254 e. The fourth-order valence-electron chi connectivity index (χ4n) is 3.64. The summed E-state index contributed by atoms with van der Waals surface area (Å²) in [4.78, 5) is 29.0. The van der Waals surface area contributed by atoms with E-state index in [1.54, 1.807) is 37.3 Å². The Bertz CT molecular complexity index is 664. The fourth-order valence-corrected chi connectivity index (χ4v) is 3.64. The Labute approximate surface area is 160 Å². The summed E-state index contributed by atoms with van der Waals surface area (Å²) >= 11 is 0. The van der Waals surface area contributed by atoms with Gasteiger partial charge in [0.05, 0.1) is 14.2 Å². The van der Waals surface area contributed by atoms with Crippen molar-refractivity contribution >= 4 is 11.8 Å². The molecule has 0 aromatic heterocycles. The van der Waals surface area contributed by atoms with Crippen LogP contribution in [0.5, 0.6) is 11.5 Å². The van der Waals surface area contributed by atoms with E-state index >= 15 is 0 Å². The molecule has 2 heterocycles. The van der Waals surface area contributed by atoms with Gasteiger partial charge in [0.15, 0.2) is 11.5 Å². The second kappa shape index (κ2) is 9.08. The summed E-state index contributed by atoms with van der Waals surface area (Å²) in [6.07, 6.45) is 2.51. The maximum atomic E-state index is 12.8. The van der Waals surface area contributed by atoms with Crippen LogP contribution in [0.3, 0.4) is 0 Å². The molecule has 0 spiro atoms. The molecule has 7 heteroatoms. The van der Waals surface area contributed by atoms with Crippen molar-refractivity contribution in [1.82, 2.24) is 9.80 Å². The summed E-state index contributed by atoms with van der Waals surface area (Å²) < 4.78 is 15.8. The van der Waals surface area contributed by atoms with Gasteiger partial charge in [0.2, 0.25) is 5.91 Å². The summed E-state index contributed by atoms with van der Waals surface area (Å²) in [6, 6.07) is 5.18. The molecule has 2 fully saturated rings. The van der Waals surface area contributed by atoms with Gasteiger partial charge >= 0.3 is 0 Å². The van der Waals surface area contributed by atoms with Crippen molar-refractivity contribution in [3.05, 3.63) is 23.8 Å². The molecule has 3 rings (SSSR count). The Balaban J connectivity index is 1.53. The van der Waals surface area contributed by atoms with Gasteiger partial charge in [0.1, 0.15) is 0 Å². The van der Waals surface area contributed by atoms with Crippen LogP contribution in [0.4, 0.5) is 0 Å². The number of nitrogens with zero attached hydrogens (tertiary/aromatic N) is 2. The molecule has 1 aromatic rings. The molecule has 2 amide bonds. The number of hydrogen-bond donors (Lipinski definition) is 0. The molecular formula is C20H28N2O5. The van der Waals surface area contributed by atoms with Crippen molar-refractivity contribution in [2.75, 3.05) is 53.6 Å². The number of rotatable bonds is 5. The number of amides is 2. The van der Waals surface area contributed by atoms with Gasteiger partial charge in [-0.15, -0.1) is 0 Å². The van der Waals surface area contributed by atoms with Crippen molar-refractivity contribution in [2.45, 2.75) is 19.3 Å². The Hall–Kier alpha value is -2.28. The normalized spacial score (nSPS) is 18.3. The third-order valence-electron chi connectivity index (χ3n) is 5.35. The lowest BCUT2D eigenvalue weighted by Crippen LogP contribution is -2.51. The largest absolute Gasteiger partial charge is 0.493 e. The topological polar surface area (TPSA) is 68.3 Å². The first-order valence-corrected chi connectivity index (χ1v) is 9.49. The van der Waals surface area contributed by atoms with Gasteiger partial charge in [-0.3, -0.25) is 9.59 Å². The number of piperazine rings is 1. The minimum absolute atomic E-state index is 0.0486. The highest BCUT2D eigenvalue weighted by Gasteiger charge is 2.27. The quantitative estimate of drug-likeness (QED) is 0.784. The monoisotopic (exact) mass is 376 g/mol. The number of carbonyl (C=O) groups excluding carboxylic acids is 2. The summed E-state index contributed by atoms with van der Waals surface area (Å²) in [5.41, 5.74) is 0.564. The standard InChI is InChI=1S/C20H28N2O5/c1-25-17-4-3-16(14-18(17)26-2)20(24)22-9-7-21(8-10-22)19(23)13-15-5-11-27-12-6-15/h3-4,14-15H,5-13H2,1-2H3. The fraction of sp³-hybridized carbons (Fsp3) is 0.600. The van der Waals surface area contributed by atoms with Crippen molar-refractivity contribution in [1.29, 1.82) is 0 Å². The second-order valence-electron chi connectivity index (χ2n) is 7.00. The van der Waals surface area contributed by atoms with Crippen LogP contribution in [0.2, 0.25) is 0 Å². The van der Waals surface area contributed by atoms with E-state index in [0.717, 1.165) is 26.1 Å². The lowest BCUT2D eigenvalue weighted by molar-refractivity contribution is -0.134. The second-order valence-corrected chi connectivity index (χ2v) is 7.00. The van der Waals surface area contributed by atoms with E-state index in [9.17, 15) is 9.59 Å². The predicted molar refractivity (Wildman–Crippen MR) is 100 cm³/mol. The van der Waals surface area contributed by atoms with E-state index in [1.165, 1.54) is 0 Å². The van der Waals surface area contributed by atoms with E-state index in [1.807, 2.05) is 4.90 Å². The Morgan fingerprint density at radius 3 is 2.26 bits per heavy atom. The van der Waals surface area contributed by atoms with Crippen LogP contribution in [0.25, 0.3) is 0 Å². The molecule has 1 aromatic carbocycles. The van der Waals surface area contributed by atoms with Gasteiger partial charge in [-0.1, -0.05) is 0 Å². The number of carbonyl (C=O) groups is 2. The number of hydrogen-bond acceptors (Lipinski definition) is 5. The highest BCUT2D eigenvalue weighted by Crippen LogP contribution is 2.28. The van der Waals surface area contributed by atoms with Crippen LogP contribution in [-0.2, 0) is 9.53 Å². The molecule has 0 atom stereocenters. The predicted octanol–water partition coefficient (Wildman–Crippen LogP) is 1.80. The minimum atomic E-state index is -0.0486. The van der Waals surface area contributed by atoms with E-state index < -0.39 is 0 Å². The third kappa shape index (κ3) is 4.71. The van der Waals surface area contributed by atoms with Crippen LogP contribution in [0, 0.1) is 5.92 Å². The highest BCUT2D eigenvalue weighted by molar-refractivity contribution is 5.95. The van der Waals surface area contributed by atoms with Crippen molar-refractivity contribution < 1.29 is 23.8 Å². The van der Waals surface area contributed by atoms with E-state index in [2.05, 4.69) is 0 Å². The first-order valence-electron chi connectivity index (χ1n) is 9.49. The molecule has 2 aliphatic heterocycles. The van der Waals surface area contributed by atoms with Gasteiger partial charge in [-0.05, 0) is 37.0 Å². The zero-order valence-electron chi connectivity index (χ0n) is 16.1. The minimum Gasteiger partial charge on any atom is -0.493 e. The lowest BCUT2D eigenvalue weighted by Gasteiger charge is -2.35. The van der Waals surface area contributed by atoms with Crippen LogP contribution < -0.4 is 9.47 Å². The number of ether oxygens (including phenoxy) is 3. The van der Waals surface area contributed by atoms with Crippen LogP contribution in [0.1, 0.15) is 29.6 Å². The number of methoxy groups -OCH3 is 2. The Kier molecular flexibility index (Phi) is 6.55. The SMILES string of the molecule is COc1ccc(C(=O)N2CCN(C(=O)CC3CCOCC3)CC2)cc1OC. The molecule has 0 radical (unpaired) electrons. The zero-order valence-corrected chi connectivity index (χ0v) is 16.1. The average molecular weight is 376 g/mol. The summed E-state index contributed by atoms with van der Waals surface area (Å²) in [5, 5.41) is 0. The van der Waals surface area contributed by atoms with Crippen LogP contribution in [-0.4, -0.2) is 75.2 Å². The number of benzene rings is 1. The molecule has 0 saturated carbocycles. The van der Waals surface area contributed by atoms with Gasteiger partial charge in [0.25, 0.3) is 5.91 Å². The van der Waals surface area contributed by atoms with Crippen molar-refractivity contribution in [3.63, 3.8) is 0 Å². The third-order valence-corrected chi connectivity index (χ3v) is 5.35. The first kappa shape index (κ1) is 19.5. The molecule has 0 aliphatic carbocycles. The van der Waals surface area contributed by atoms with E-state index in [4.69, 9.17) is 14.2 Å². The zero-order chi connectivity index (χ0) is 19.2. The molecule has 7 nitrogen and oxygen atoms in total. The Morgan fingerprint density at radius 2 is 1.63 bits per heavy atom. The highest BCUT2D eigenvalue weighted by atomic mass is 16.5. The summed E-state index contributed by atoms with van der Waals surface area (Å²) in [7, 11) is 3.12. The van der Waals surface area contributed by atoms with Gasteiger partial charge < -0.3 is 24.0 Å². The van der Waals surface area contributed by atoms with Crippen molar-refractivity contribution in [3.8, 4) is 11.5 Å². The molecule has 0 bridgehead atoms. The Morgan fingerprint density at radius 1 is 1.00 bits per heavy atom. The maximum Gasteiger partial charge on any atom is 0.254 e. The van der Waals surface area contributed by atoms with Gasteiger partial charge in [-0.2, -0.15) is 0 Å². The van der Waals surface area contributed by atoms with E-state index in [-0.39, 0.29) is 11.8 Å². The summed E-state index contributed by atoms with van der Waals surface area (Å²) in [5.74, 6) is 1.71. The molecule has 2 saturated heterocycles. The maximum absolute atomic E-state index is 12.8. The molecule has 0 N–H and O–H groups in total. The molecule has 27 heavy (non-hydrogen) atoms. The van der Waals surface area contributed by atoms with Gasteiger partial charge in [0, 0.05) is 51.4 Å². The first-order chi connectivity index (χ1) is 13.1. The van der Waals surface area contributed by atoms with Crippen molar-refractivity contribution in [2.24, 2.45) is 5.92 Å². The molecule has 2 aliphatic rings. The summed E-state index contributed by atoms with van der Waals surface area (Å²) in [6.45, 7) is 3.78. The molecule has 148 valence electrons. The molecule has 0 unspecified atom stereocenters. The average Bonchev–Trinajstić information content (AvgIpc) is 2.73.